The van der Waals surface area contributed by atoms with E-state index in [1.54, 1.807) is 0 Å². The Balaban J connectivity index is 2.55. The van der Waals surface area contributed by atoms with Crippen molar-refractivity contribution >= 4 is 0 Å². The Hall–Kier alpha value is -1.43. The smallest absolute Gasteiger partial charge is 0.416 e. The first kappa shape index (κ1) is 12.0. The van der Waals surface area contributed by atoms with Crippen LogP contribution in [0.15, 0.2) is 12.1 Å². The average Bonchev–Trinajstić information content (AvgIpc) is 2.73. The molecule has 94 valence electrons. The second kappa shape index (κ2) is 4.10. The van der Waals surface area contributed by atoms with E-state index in [9.17, 15) is 23.4 Å². The molecule has 3 nitrogen and oxygen atoms in total. The summed E-state index contributed by atoms with van der Waals surface area (Å²) in [5.74, 6) is -1.21. The lowest BCUT2D eigenvalue weighted by Gasteiger charge is -2.19. The van der Waals surface area contributed by atoms with Crippen molar-refractivity contribution in [2.45, 2.75) is 25.1 Å². The Kier molecular flexibility index (Phi) is 2.91. The number of halogens is 3. The van der Waals surface area contributed by atoms with Crippen LogP contribution in [0.3, 0.4) is 0 Å². The molecule has 1 saturated heterocycles. The van der Waals surface area contributed by atoms with Gasteiger partial charge in [0.1, 0.15) is 0 Å². The molecule has 0 aliphatic carbocycles. The molecule has 2 rings (SSSR count). The van der Waals surface area contributed by atoms with Crippen molar-refractivity contribution in [3.8, 4) is 11.5 Å². The molecule has 3 N–H and O–H groups in total. The summed E-state index contributed by atoms with van der Waals surface area (Å²) in [6.07, 6.45) is -3.28. The maximum absolute atomic E-state index is 12.8. The van der Waals surface area contributed by atoms with Gasteiger partial charge < -0.3 is 15.5 Å². The second-order valence-electron chi connectivity index (χ2n) is 4.04. The van der Waals surface area contributed by atoms with Crippen molar-refractivity contribution in [3.05, 3.63) is 23.3 Å². The fourth-order valence-electron chi connectivity index (χ4n) is 2.13. The van der Waals surface area contributed by atoms with Gasteiger partial charge >= 0.3 is 6.18 Å². The molecule has 17 heavy (non-hydrogen) atoms. The van der Waals surface area contributed by atoms with E-state index in [0.29, 0.717) is 13.0 Å². The molecule has 0 saturated carbocycles. The van der Waals surface area contributed by atoms with Crippen LogP contribution in [0.4, 0.5) is 13.2 Å². The van der Waals surface area contributed by atoms with Crippen LogP contribution in [0.25, 0.3) is 0 Å². The van der Waals surface area contributed by atoms with E-state index in [1.807, 2.05) is 0 Å². The molecule has 0 radical (unpaired) electrons. The summed E-state index contributed by atoms with van der Waals surface area (Å²) < 4.78 is 38.4. The van der Waals surface area contributed by atoms with Gasteiger partial charge in [-0.05, 0) is 31.5 Å². The lowest BCUT2D eigenvalue weighted by molar-refractivity contribution is -0.138. The van der Waals surface area contributed by atoms with Gasteiger partial charge in [0.2, 0.25) is 0 Å². The largest absolute Gasteiger partial charge is 0.504 e. The zero-order chi connectivity index (χ0) is 12.6. The second-order valence-corrected chi connectivity index (χ2v) is 4.04. The van der Waals surface area contributed by atoms with Crippen molar-refractivity contribution in [2.24, 2.45) is 0 Å². The van der Waals surface area contributed by atoms with E-state index in [2.05, 4.69) is 5.32 Å². The molecule has 1 unspecified atom stereocenters. The minimum Gasteiger partial charge on any atom is -0.504 e. The Labute approximate surface area is 95.9 Å². The number of nitrogens with one attached hydrogen (secondary N) is 1. The average molecular weight is 247 g/mol. The maximum Gasteiger partial charge on any atom is 0.416 e. The maximum atomic E-state index is 12.8. The third-order valence-electron chi connectivity index (χ3n) is 2.91. The predicted octanol–water partition coefficient (Wildman–Crippen LogP) is 2.54. The van der Waals surface area contributed by atoms with Crippen LogP contribution in [0.1, 0.15) is 30.0 Å². The monoisotopic (exact) mass is 247 g/mol. The van der Waals surface area contributed by atoms with Gasteiger partial charge in [-0.1, -0.05) is 0 Å². The van der Waals surface area contributed by atoms with Crippen LogP contribution in [-0.2, 0) is 6.18 Å². The predicted molar refractivity (Wildman–Crippen MR) is 54.8 cm³/mol. The summed E-state index contributed by atoms with van der Waals surface area (Å²) in [7, 11) is 0. The van der Waals surface area contributed by atoms with Gasteiger partial charge in [-0.2, -0.15) is 13.2 Å². The summed E-state index contributed by atoms with van der Waals surface area (Å²) in [6, 6.07) is 1.10. The fourth-order valence-corrected chi connectivity index (χ4v) is 2.13. The molecule has 1 aromatic carbocycles. The first-order valence-corrected chi connectivity index (χ1v) is 5.26. The highest BCUT2D eigenvalue weighted by atomic mass is 19.4. The van der Waals surface area contributed by atoms with Crippen LogP contribution in [0, 0.1) is 0 Å². The topological polar surface area (TPSA) is 52.5 Å². The number of benzene rings is 1. The van der Waals surface area contributed by atoms with Gasteiger partial charge in [0.05, 0.1) is 5.56 Å². The molecular weight excluding hydrogens is 235 g/mol. The third-order valence-corrected chi connectivity index (χ3v) is 2.91. The van der Waals surface area contributed by atoms with E-state index in [0.717, 1.165) is 18.6 Å². The molecule has 0 aromatic heterocycles. The quantitative estimate of drug-likeness (QED) is 0.668. The zero-order valence-electron chi connectivity index (χ0n) is 8.88. The van der Waals surface area contributed by atoms with Gasteiger partial charge in [-0.25, -0.2) is 0 Å². The number of hydrogen-bond acceptors (Lipinski definition) is 3. The van der Waals surface area contributed by atoms with E-state index < -0.39 is 29.3 Å². The molecule has 6 heteroatoms. The molecule has 1 fully saturated rings. The van der Waals surface area contributed by atoms with Gasteiger partial charge in [0.15, 0.2) is 11.5 Å². The van der Waals surface area contributed by atoms with E-state index >= 15 is 0 Å². The summed E-state index contributed by atoms with van der Waals surface area (Å²) in [5.41, 5.74) is -1.15. The van der Waals surface area contributed by atoms with Gasteiger partial charge in [-0.3, -0.25) is 0 Å². The molecule has 1 aromatic rings. The number of hydrogen-bond donors (Lipinski definition) is 3. The minimum atomic E-state index is -4.54. The summed E-state index contributed by atoms with van der Waals surface area (Å²) in [5, 5.41) is 21.8. The van der Waals surface area contributed by atoms with Crippen molar-refractivity contribution in [1.29, 1.82) is 0 Å². The normalized spacial score (nSPS) is 20.8. The molecule has 0 spiro atoms. The molecule has 1 heterocycles. The summed E-state index contributed by atoms with van der Waals surface area (Å²) >= 11 is 0. The van der Waals surface area contributed by atoms with E-state index in [4.69, 9.17) is 0 Å². The van der Waals surface area contributed by atoms with E-state index in [-0.39, 0.29) is 5.56 Å². The van der Waals surface area contributed by atoms with Gasteiger partial charge in [0.25, 0.3) is 0 Å². The number of alkyl halides is 3. The minimum absolute atomic E-state index is 0.255. The Morgan fingerprint density at radius 3 is 2.47 bits per heavy atom. The first-order chi connectivity index (χ1) is 7.91. The highest BCUT2D eigenvalue weighted by Gasteiger charge is 2.38. The van der Waals surface area contributed by atoms with Crippen LogP contribution in [-0.4, -0.2) is 16.8 Å². The van der Waals surface area contributed by atoms with Crippen LogP contribution in [0.2, 0.25) is 0 Å². The van der Waals surface area contributed by atoms with Crippen LogP contribution >= 0.6 is 0 Å². The van der Waals surface area contributed by atoms with E-state index in [1.165, 1.54) is 0 Å². The Morgan fingerprint density at radius 1 is 1.24 bits per heavy atom. The highest BCUT2D eigenvalue weighted by Crippen LogP contribution is 2.44. The number of rotatable bonds is 1. The number of phenols is 2. The van der Waals surface area contributed by atoms with Gasteiger partial charge in [0, 0.05) is 11.6 Å². The Bertz CT molecular complexity index is 425. The lowest BCUT2D eigenvalue weighted by Crippen LogP contribution is -2.18. The zero-order valence-corrected chi connectivity index (χ0v) is 8.88. The standard InChI is InChI=1S/C11H12F3NO2/c12-11(13,14)6-3-4-8(16)10(17)9(6)7-2-1-5-15-7/h3-4,7,15-17H,1-2,5H2. The third kappa shape index (κ3) is 2.17. The molecule has 1 aliphatic heterocycles. The summed E-state index contributed by atoms with van der Waals surface area (Å²) in [6.45, 7) is 0.608. The van der Waals surface area contributed by atoms with Gasteiger partial charge in [-0.15, -0.1) is 0 Å². The number of aromatic hydroxyl groups is 2. The number of phenolic OH excluding ortho intramolecular Hbond substituents is 2. The Morgan fingerprint density at radius 2 is 1.94 bits per heavy atom. The molecule has 1 atom stereocenters. The fraction of sp³-hybridized carbons (Fsp3) is 0.455. The first-order valence-electron chi connectivity index (χ1n) is 5.26. The molecule has 1 aliphatic rings. The van der Waals surface area contributed by atoms with Crippen molar-refractivity contribution in [3.63, 3.8) is 0 Å². The molecule has 0 amide bonds. The molecular formula is C11H12F3NO2. The lowest BCUT2D eigenvalue weighted by atomic mass is 9.97. The SMILES string of the molecule is Oc1ccc(C(F)(F)F)c(C2CCCN2)c1O. The summed E-state index contributed by atoms with van der Waals surface area (Å²) in [4.78, 5) is 0. The van der Waals surface area contributed by atoms with Crippen molar-refractivity contribution < 1.29 is 23.4 Å². The van der Waals surface area contributed by atoms with Crippen molar-refractivity contribution in [1.82, 2.24) is 5.32 Å². The van der Waals surface area contributed by atoms with Crippen molar-refractivity contribution in [2.75, 3.05) is 6.54 Å². The highest BCUT2D eigenvalue weighted by molar-refractivity contribution is 5.51. The van der Waals surface area contributed by atoms with Crippen LogP contribution < -0.4 is 5.32 Å². The van der Waals surface area contributed by atoms with Crippen LogP contribution in [0.5, 0.6) is 11.5 Å². The molecule has 0 bridgehead atoms.